The van der Waals surface area contributed by atoms with Gasteiger partial charge in [-0.2, -0.15) is 0 Å². The highest BCUT2D eigenvalue weighted by atomic mass is 35.5. The van der Waals surface area contributed by atoms with Crippen molar-refractivity contribution in [1.82, 2.24) is 20.0 Å². The maximum Gasteiger partial charge on any atom is 0.287 e. The van der Waals surface area contributed by atoms with Gasteiger partial charge < -0.3 is 15.4 Å². The van der Waals surface area contributed by atoms with Gasteiger partial charge in [-0.15, -0.1) is 0 Å². The molecular weight excluding hydrogens is 368 g/mol. The highest BCUT2D eigenvalue weighted by Gasteiger charge is 2.21. The molecule has 0 saturated carbocycles. The second-order valence-electron chi connectivity index (χ2n) is 5.80. The first-order chi connectivity index (χ1) is 13.1. The summed E-state index contributed by atoms with van der Waals surface area (Å²) in [6, 6.07) is 12.5. The molecule has 8 heteroatoms. The quantitative estimate of drug-likeness (QED) is 0.610. The second kappa shape index (κ2) is 8.66. The monoisotopic (exact) mass is 386 g/mol. The Bertz CT molecular complexity index is 953. The van der Waals surface area contributed by atoms with Crippen LogP contribution in [0.3, 0.4) is 0 Å². The molecule has 0 atom stereocenters. The fourth-order valence-electron chi connectivity index (χ4n) is 2.58. The summed E-state index contributed by atoms with van der Waals surface area (Å²) in [6.45, 7) is 1.08. The largest absolute Gasteiger partial charge is 0.383 e. The number of nitrogens with one attached hydrogen (secondary N) is 2. The zero-order valence-electron chi connectivity index (χ0n) is 14.7. The van der Waals surface area contributed by atoms with Gasteiger partial charge in [-0.05, 0) is 29.8 Å². The number of aromatic nitrogens is 2. The lowest BCUT2D eigenvalue weighted by molar-refractivity contribution is 0.0926. The van der Waals surface area contributed by atoms with Gasteiger partial charge in [0.05, 0.1) is 12.1 Å². The maximum atomic E-state index is 12.6. The minimum absolute atomic E-state index is 0.151. The van der Waals surface area contributed by atoms with Crippen LogP contribution in [-0.4, -0.2) is 41.5 Å². The topological polar surface area (TPSA) is 84.7 Å². The number of rotatable bonds is 7. The maximum absolute atomic E-state index is 12.6. The van der Waals surface area contributed by atoms with Crippen LogP contribution in [0, 0.1) is 0 Å². The predicted molar refractivity (Wildman–Crippen MR) is 102 cm³/mol. The van der Waals surface area contributed by atoms with Crippen LogP contribution in [0.4, 0.5) is 0 Å². The molecule has 0 aliphatic rings. The van der Waals surface area contributed by atoms with Crippen LogP contribution in [0.2, 0.25) is 5.02 Å². The molecule has 0 aliphatic heterocycles. The molecule has 0 aliphatic carbocycles. The van der Waals surface area contributed by atoms with Gasteiger partial charge in [0.15, 0.2) is 5.69 Å². The molecule has 2 aromatic heterocycles. The van der Waals surface area contributed by atoms with Gasteiger partial charge in [-0.3, -0.25) is 14.0 Å². The molecule has 0 radical (unpaired) electrons. The van der Waals surface area contributed by atoms with E-state index in [0.29, 0.717) is 30.2 Å². The van der Waals surface area contributed by atoms with E-state index in [1.165, 1.54) is 0 Å². The van der Waals surface area contributed by atoms with Crippen LogP contribution in [0.1, 0.15) is 26.7 Å². The van der Waals surface area contributed by atoms with Crippen molar-refractivity contribution in [2.24, 2.45) is 0 Å². The molecule has 0 unspecified atom stereocenters. The molecule has 0 saturated heterocycles. The molecule has 3 aromatic rings. The molecule has 7 nitrogen and oxygen atoms in total. The normalized spacial score (nSPS) is 10.7. The lowest BCUT2D eigenvalue weighted by Gasteiger charge is -2.04. The number of amides is 2. The Labute approximate surface area is 161 Å². The average molecular weight is 387 g/mol. The Kier molecular flexibility index (Phi) is 6.05. The fourth-order valence-corrected chi connectivity index (χ4v) is 2.71. The van der Waals surface area contributed by atoms with Crippen LogP contribution < -0.4 is 10.6 Å². The summed E-state index contributed by atoms with van der Waals surface area (Å²) < 4.78 is 6.52. The van der Waals surface area contributed by atoms with E-state index >= 15 is 0 Å². The van der Waals surface area contributed by atoms with Gasteiger partial charge in [-0.1, -0.05) is 29.8 Å². The van der Waals surface area contributed by atoms with E-state index in [1.54, 1.807) is 48.0 Å². The van der Waals surface area contributed by atoms with Gasteiger partial charge in [-0.25, -0.2) is 4.98 Å². The van der Waals surface area contributed by atoms with Gasteiger partial charge in [0.2, 0.25) is 5.82 Å². The minimum atomic E-state index is -0.370. The first kappa shape index (κ1) is 18.9. The Morgan fingerprint density at radius 2 is 1.89 bits per heavy atom. The fraction of sp³-hybridized carbons (Fsp3) is 0.211. The number of pyridine rings is 1. The van der Waals surface area contributed by atoms with Crippen molar-refractivity contribution in [3.05, 3.63) is 70.8 Å². The first-order valence-electron chi connectivity index (χ1n) is 8.37. The van der Waals surface area contributed by atoms with E-state index in [4.69, 9.17) is 16.3 Å². The highest BCUT2D eigenvalue weighted by molar-refractivity contribution is 6.30. The molecule has 0 spiro atoms. The molecule has 2 N–H and O–H groups in total. The number of carbonyl (C=O) groups is 2. The number of imidazole rings is 1. The molecular formula is C19H19ClN4O3. The van der Waals surface area contributed by atoms with Crippen LogP contribution in [0.25, 0.3) is 5.52 Å². The summed E-state index contributed by atoms with van der Waals surface area (Å²) in [7, 11) is 1.56. The van der Waals surface area contributed by atoms with Crippen LogP contribution >= 0.6 is 11.6 Å². The number of ether oxygens (including phenoxy) is 1. The Morgan fingerprint density at radius 3 is 2.63 bits per heavy atom. The Morgan fingerprint density at radius 1 is 1.11 bits per heavy atom. The van der Waals surface area contributed by atoms with Crippen molar-refractivity contribution < 1.29 is 14.3 Å². The van der Waals surface area contributed by atoms with Crippen molar-refractivity contribution in [1.29, 1.82) is 0 Å². The number of benzene rings is 1. The van der Waals surface area contributed by atoms with Gasteiger partial charge >= 0.3 is 0 Å². The lowest BCUT2D eigenvalue weighted by atomic mass is 10.2. The SMILES string of the molecule is COCCNC(=O)c1nc(C(=O)NCc2ccc(Cl)cc2)c2ccccn12. The number of hydrogen-bond acceptors (Lipinski definition) is 4. The van der Waals surface area contributed by atoms with Crippen molar-refractivity contribution in [2.75, 3.05) is 20.3 Å². The van der Waals surface area contributed by atoms with E-state index < -0.39 is 0 Å². The Balaban J connectivity index is 1.80. The third kappa shape index (κ3) is 4.45. The third-order valence-corrected chi connectivity index (χ3v) is 4.18. The summed E-state index contributed by atoms with van der Waals surface area (Å²) >= 11 is 5.87. The number of carbonyl (C=O) groups excluding carboxylic acids is 2. The van der Waals surface area contributed by atoms with E-state index in [2.05, 4.69) is 15.6 Å². The Hall–Kier alpha value is -2.90. The molecule has 1 aromatic carbocycles. The van der Waals surface area contributed by atoms with Crippen molar-refractivity contribution in [3.63, 3.8) is 0 Å². The van der Waals surface area contributed by atoms with E-state index in [0.717, 1.165) is 5.56 Å². The van der Waals surface area contributed by atoms with E-state index in [9.17, 15) is 9.59 Å². The smallest absolute Gasteiger partial charge is 0.287 e. The summed E-state index contributed by atoms with van der Waals surface area (Å²) in [5, 5.41) is 6.17. The van der Waals surface area contributed by atoms with Crippen molar-refractivity contribution in [2.45, 2.75) is 6.54 Å². The molecule has 140 valence electrons. The summed E-state index contributed by atoms with van der Waals surface area (Å²) in [4.78, 5) is 29.3. The zero-order valence-corrected chi connectivity index (χ0v) is 15.5. The standard InChI is InChI=1S/C19H19ClN4O3/c1-27-11-9-21-19(26)17-23-16(15-4-2-3-10-24(15)17)18(25)22-12-13-5-7-14(20)8-6-13/h2-8,10H,9,11-12H2,1H3,(H,21,26)(H,22,25). The van der Waals surface area contributed by atoms with Crippen LogP contribution in [-0.2, 0) is 11.3 Å². The second-order valence-corrected chi connectivity index (χ2v) is 6.23. The zero-order chi connectivity index (χ0) is 19.2. The molecule has 0 fully saturated rings. The van der Waals surface area contributed by atoms with Crippen LogP contribution in [0.5, 0.6) is 0 Å². The molecule has 0 bridgehead atoms. The lowest BCUT2D eigenvalue weighted by Crippen LogP contribution is -2.29. The molecule has 27 heavy (non-hydrogen) atoms. The summed E-state index contributed by atoms with van der Waals surface area (Å²) in [6.07, 6.45) is 1.70. The van der Waals surface area contributed by atoms with E-state index in [-0.39, 0.29) is 23.3 Å². The van der Waals surface area contributed by atoms with E-state index in [1.807, 2.05) is 12.1 Å². The number of fused-ring (bicyclic) bond motifs is 1. The van der Waals surface area contributed by atoms with Crippen molar-refractivity contribution >= 4 is 28.9 Å². The number of methoxy groups -OCH3 is 1. The van der Waals surface area contributed by atoms with Gasteiger partial charge in [0.1, 0.15) is 0 Å². The summed E-state index contributed by atoms with van der Waals surface area (Å²) in [5.74, 6) is -0.576. The number of nitrogens with zero attached hydrogens (tertiary/aromatic N) is 2. The highest BCUT2D eigenvalue weighted by Crippen LogP contribution is 2.14. The summed E-state index contributed by atoms with van der Waals surface area (Å²) in [5.41, 5.74) is 1.67. The van der Waals surface area contributed by atoms with Gasteiger partial charge in [0, 0.05) is 31.4 Å². The average Bonchev–Trinajstić information content (AvgIpc) is 3.07. The minimum Gasteiger partial charge on any atom is -0.383 e. The molecule has 3 rings (SSSR count). The number of halogens is 1. The third-order valence-electron chi connectivity index (χ3n) is 3.92. The molecule has 2 amide bonds. The van der Waals surface area contributed by atoms with Gasteiger partial charge in [0.25, 0.3) is 11.8 Å². The number of hydrogen-bond donors (Lipinski definition) is 2. The van der Waals surface area contributed by atoms with Crippen molar-refractivity contribution in [3.8, 4) is 0 Å². The first-order valence-corrected chi connectivity index (χ1v) is 8.75. The van der Waals surface area contributed by atoms with Crippen LogP contribution in [0.15, 0.2) is 48.7 Å². The molecule has 2 heterocycles. The predicted octanol–water partition coefficient (Wildman–Crippen LogP) is 2.29.